The van der Waals surface area contributed by atoms with Crippen LogP contribution in [0.25, 0.3) is 10.2 Å². The van der Waals surface area contributed by atoms with E-state index in [1.165, 1.54) is 23.5 Å². The van der Waals surface area contributed by atoms with Gasteiger partial charge in [-0.1, -0.05) is 39.4 Å². The maximum absolute atomic E-state index is 12.2. The molecule has 1 aromatic heterocycles. The van der Waals surface area contributed by atoms with E-state index in [0.29, 0.717) is 5.13 Å². The maximum atomic E-state index is 12.2. The summed E-state index contributed by atoms with van der Waals surface area (Å²) in [5, 5.41) is 3.23. The molecule has 1 heterocycles. The van der Waals surface area contributed by atoms with Gasteiger partial charge in [0.2, 0.25) is 15.9 Å². The van der Waals surface area contributed by atoms with E-state index in [4.69, 9.17) is 0 Å². The molecule has 0 saturated carbocycles. The standard InChI is InChI=1S/C17H16BrN3O3S2/c1-11-3-2-4-14-16(11)21-17(25-14)20-15(22)9-10-19-26(23,24)13-7-5-12(18)6-8-13/h2-8,19H,9-10H2,1H3,(H,20,21,22). The molecule has 0 saturated heterocycles. The summed E-state index contributed by atoms with van der Waals surface area (Å²) in [6.07, 6.45) is 0.0185. The Morgan fingerprint density at radius 1 is 1.19 bits per heavy atom. The summed E-state index contributed by atoms with van der Waals surface area (Å²) in [6, 6.07) is 12.1. The second-order valence-electron chi connectivity index (χ2n) is 5.59. The van der Waals surface area contributed by atoms with Gasteiger partial charge in [-0.3, -0.25) is 4.79 Å². The molecule has 0 aliphatic carbocycles. The first-order valence-corrected chi connectivity index (χ1v) is 10.9. The Hall–Kier alpha value is -1.81. The van der Waals surface area contributed by atoms with Crippen molar-refractivity contribution >= 4 is 58.5 Å². The van der Waals surface area contributed by atoms with Crippen LogP contribution >= 0.6 is 27.3 Å². The van der Waals surface area contributed by atoms with Crippen LogP contribution in [0.4, 0.5) is 5.13 Å². The van der Waals surface area contributed by atoms with Crippen molar-refractivity contribution in [3.63, 3.8) is 0 Å². The predicted octanol–water partition coefficient (Wildman–Crippen LogP) is 3.67. The number of nitrogens with one attached hydrogen (secondary N) is 2. The number of aromatic nitrogens is 1. The topological polar surface area (TPSA) is 88.2 Å². The third kappa shape index (κ3) is 4.47. The van der Waals surface area contributed by atoms with Crippen molar-refractivity contribution in [1.29, 1.82) is 0 Å². The number of amides is 1. The second-order valence-corrected chi connectivity index (χ2v) is 9.30. The molecule has 0 bridgehead atoms. The predicted molar refractivity (Wildman–Crippen MR) is 107 cm³/mol. The van der Waals surface area contributed by atoms with Crippen molar-refractivity contribution in [3.8, 4) is 0 Å². The van der Waals surface area contributed by atoms with Gasteiger partial charge in [-0.15, -0.1) is 0 Å². The maximum Gasteiger partial charge on any atom is 0.240 e. The summed E-state index contributed by atoms with van der Waals surface area (Å²) in [7, 11) is -3.64. The van der Waals surface area contributed by atoms with E-state index < -0.39 is 10.0 Å². The minimum absolute atomic E-state index is 0.00809. The first-order chi connectivity index (χ1) is 12.3. The number of anilines is 1. The Morgan fingerprint density at radius 3 is 2.62 bits per heavy atom. The number of carbonyl (C=O) groups is 1. The molecule has 3 rings (SSSR count). The van der Waals surface area contributed by atoms with Gasteiger partial charge in [0.15, 0.2) is 5.13 Å². The van der Waals surface area contributed by atoms with Crippen molar-refractivity contribution in [2.45, 2.75) is 18.2 Å². The summed E-state index contributed by atoms with van der Waals surface area (Å²) in [5.74, 6) is -0.291. The normalized spacial score (nSPS) is 11.6. The number of thiazole rings is 1. The van der Waals surface area contributed by atoms with Crippen LogP contribution in [0.3, 0.4) is 0 Å². The highest BCUT2D eigenvalue weighted by Crippen LogP contribution is 2.27. The van der Waals surface area contributed by atoms with Gasteiger partial charge < -0.3 is 5.32 Å². The lowest BCUT2D eigenvalue weighted by molar-refractivity contribution is -0.116. The van der Waals surface area contributed by atoms with Crippen molar-refractivity contribution in [1.82, 2.24) is 9.71 Å². The fourth-order valence-electron chi connectivity index (χ4n) is 2.32. The molecular weight excluding hydrogens is 438 g/mol. The van der Waals surface area contributed by atoms with Gasteiger partial charge in [0, 0.05) is 17.4 Å². The van der Waals surface area contributed by atoms with Gasteiger partial charge in [-0.2, -0.15) is 0 Å². The van der Waals surface area contributed by atoms with Crippen molar-refractivity contribution in [2.75, 3.05) is 11.9 Å². The van der Waals surface area contributed by atoms with Crippen LogP contribution in [0.15, 0.2) is 51.8 Å². The molecule has 0 aliphatic rings. The number of hydrogen-bond donors (Lipinski definition) is 2. The van der Waals surface area contributed by atoms with Crippen LogP contribution in [0.2, 0.25) is 0 Å². The van der Waals surface area contributed by atoms with Gasteiger partial charge in [0.05, 0.1) is 15.1 Å². The molecule has 2 aromatic carbocycles. The molecule has 0 radical (unpaired) electrons. The molecule has 0 unspecified atom stereocenters. The van der Waals surface area contributed by atoms with Crippen LogP contribution in [0.1, 0.15) is 12.0 Å². The molecule has 26 heavy (non-hydrogen) atoms. The molecule has 3 aromatic rings. The minimum atomic E-state index is -3.64. The summed E-state index contributed by atoms with van der Waals surface area (Å²) < 4.78 is 28.6. The quantitative estimate of drug-likeness (QED) is 0.595. The zero-order valence-corrected chi connectivity index (χ0v) is 17.0. The summed E-state index contributed by atoms with van der Waals surface area (Å²) >= 11 is 4.65. The Morgan fingerprint density at radius 2 is 1.92 bits per heavy atom. The van der Waals surface area contributed by atoms with Gasteiger partial charge >= 0.3 is 0 Å². The number of carbonyl (C=O) groups excluding carboxylic acids is 1. The highest BCUT2D eigenvalue weighted by atomic mass is 79.9. The van der Waals surface area contributed by atoms with E-state index in [9.17, 15) is 13.2 Å². The number of nitrogens with zero attached hydrogens (tertiary/aromatic N) is 1. The molecule has 0 spiro atoms. The largest absolute Gasteiger partial charge is 0.302 e. The zero-order chi connectivity index (χ0) is 18.7. The molecule has 9 heteroatoms. The Bertz CT molecular complexity index is 1050. The fourth-order valence-corrected chi connectivity index (χ4v) is 4.57. The van der Waals surface area contributed by atoms with E-state index in [0.717, 1.165) is 20.3 Å². The van der Waals surface area contributed by atoms with Crippen LogP contribution in [-0.4, -0.2) is 25.9 Å². The molecule has 136 valence electrons. The lowest BCUT2D eigenvalue weighted by Crippen LogP contribution is -2.27. The summed E-state index contributed by atoms with van der Waals surface area (Å²) in [4.78, 5) is 16.6. The lowest BCUT2D eigenvalue weighted by atomic mass is 10.2. The first-order valence-electron chi connectivity index (χ1n) is 7.76. The molecule has 6 nitrogen and oxygen atoms in total. The number of para-hydroxylation sites is 1. The molecule has 0 atom stereocenters. The third-order valence-corrected chi connectivity index (χ3v) is 6.58. The van der Waals surface area contributed by atoms with Crippen molar-refractivity contribution < 1.29 is 13.2 Å². The number of aryl methyl sites for hydroxylation is 1. The summed E-state index contributed by atoms with van der Waals surface area (Å²) in [6.45, 7) is 1.97. The average molecular weight is 454 g/mol. The number of halogens is 1. The Labute approximate surface area is 163 Å². The van der Waals surface area contributed by atoms with E-state index >= 15 is 0 Å². The molecule has 0 aliphatic heterocycles. The average Bonchev–Trinajstić information content (AvgIpc) is 2.99. The van der Waals surface area contributed by atoms with Crippen molar-refractivity contribution in [2.24, 2.45) is 0 Å². The molecular formula is C17H16BrN3O3S2. The van der Waals surface area contributed by atoms with E-state index in [2.05, 4.69) is 31.0 Å². The van der Waals surface area contributed by atoms with Gasteiger partial charge in [-0.05, 0) is 42.8 Å². The Kier molecular flexibility index (Phi) is 5.71. The van der Waals surface area contributed by atoms with Crippen LogP contribution in [0.5, 0.6) is 0 Å². The zero-order valence-electron chi connectivity index (χ0n) is 13.8. The summed E-state index contributed by atoms with van der Waals surface area (Å²) in [5.41, 5.74) is 1.91. The molecule has 1 amide bonds. The molecule has 0 fully saturated rings. The van der Waals surface area contributed by atoms with Gasteiger partial charge in [0.25, 0.3) is 0 Å². The van der Waals surface area contributed by atoms with Gasteiger partial charge in [0.1, 0.15) is 0 Å². The number of hydrogen-bond acceptors (Lipinski definition) is 5. The minimum Gasteiger partial charge on any atom is -0.302 e. The SMILES string of the molecule is Cc1cccc2sc(NC(=O)CCNS(=O)(=O)c3ccc(Br)cc3)nc12. The Balaban J connectivity index is 1.56. The number of fused-ring (bicyclic) bond motifs is 1. The van der Waals surface area contributed by atoms with Crippen LogP contribution < -0.4 is 10.0 Å². The van der Waals surface area contributed by atoms with E-state index in [1.54, 1.807) is 12.1 Å². The lowest BCUT2D eigenvalue weighted by Gasteiger charge is -2.06. The highest BCUT2D eigenvalue weighted by Gasteiger charge is 2.14. The van der Waals surface area contributed by atoms with Crippen LogP contribution in [0, 0.1) is 6.92 Å². The molecule has 2 N–H and O–H groups in total. The highest BCUT2D eigenvalue weighted by molar-refractivity contribution is 9.10. The van der Waals surface area contributed by atoms with Gasteiger partial charge in [-0.25, -0.2) is 18.1 Å². The number of sulfonamides is 1. The second kappa shape index (κ2) is 7.83. The fraction of sp³-hybridized carbons (Fsp3) is 0.176. The first kappa shape index (κ1) is 19.0. The van der Waals surface area contributed by atoms with Crippen molar-refractivity contribution in [3.05, 3.63) is 52.5 Å². The smallest absolute Gasteiger partial charge is 0.240 e. The number of benzene rings is 2. The van der Waals surface area contributed by atoms with Crippen LogP contribution in [-0.2, 0) is 14.8 Å². The van der Waals surface area contributed by atoms with E-state index in [1.807, 2.05) is 25.1 Å². The monoisotopic (exact) mass is 453 g/mol. The van der Waals surface area contributed by atoms with E-state index in [-0.39, 0.29) is 23.8 Å². The third-order valence-electron chi connectivity index (χ3n) is 3.64. The number of rotatable bonds is 6.